The number of carbonyl (C=O) groups excluding carboxylic acids is 1. The molecule has 2 amide bonds. The van der Waals surface area contributed by atoms with Crippen LogP contribution in [-0.2, 0) is 40.0 Å². The van der Waals surface area contributed by atoms with Crippen LogP contribution in [0.5, 0.6) is 0 Å². The average molecular weight is 1170 g/mol. The third-order valence-corrected chi connectivity index (χ3v) is 14.6. The fourth-order valence-corrected chi connectivity index (χ4v) is 10.2. The summed E-state index contributed by atoms with van der Waals surface area (Å²) in [5, 5.41) is 81.8. The molecule has 0 spiro atoms. The topological polar surface area (TPSA) is 396 Å². The highest BCUT2D eigenvalue weighted by molar-refractivity contribution is 5.86. The number of hydrogen-bond donors (Lipinski definition) is 12. The highest BCUT2D eigenvalue weighted by Gasteiger charge is 2.30. The molecule has 0 bridgehead atoms. The number of hydrogen-bond acceptors (Lipinski definition) is 20. The van der Waals surface area contributed by atoms with Crippen LogP contribution in [0, 0.1) is 0 Å². The number of aliphatic carboxylic acids is 7. The van der Waals surface area contributed by atoms with Gasteiger partial charge < -0.3 is 67.2 Å². The fraction of sp³-hybridized carbons (Fsp3) is 0.685. The Balaban J connectivity index is 1.43. The largest absolute Gasteiger partial charge is 0.481 e. The first kappa shape index (κ1) is 68.4. The van der Waals surface area contributed by atoms with E-state index in [0.717, 1.165) is 31.2 Å². The van der Waals surface area contributed by atoms with Gasteiger partial charge in [-0.05, 0) is 62.8 Å². The van der Waals surface area contributed by atoms with Crippen LogP contribution >= 0.6 is 0 Å². The number of amides is 2. The molecule has 2 aliphatic heterocycles. The Bertz CT molecular complexity index is 2370. The number of benzene rings is 1. The zero-order valence-electron chi connectivity index (χ0n) is 48.0. The molecule has 4 rings (SSSR count). The van der Waals surface area contributed by atoms with Gasteiger partial charge in [-0.2, -0.15) is 15.0 Å². The average Bonchev–Trinajstić information content (AvgIpc) is 3.63. The highest BCUT2D eigenvalue weighted by atomic mass is 16.4. The molecule has 0 saturated carbocycles. The van der Waals surface area contributed by atoms with Crippen LogP contribution < -0.4 is 31.5 Å². The molecule has 4 atom stereocenters. The Morgan fingerprint density at radius 1 is 0.554 bits per heavy atom. The van der Waals surface area contributed by atoms with Crippen LogP contribution in [0.4, 0.5) is 28.3 Å². The van der Waals surface area contributed by atoms with Crippen molar-refractivity contribution in [3.8, 4) is 0 Å². The number of piperazine rings is 1. The van der Waals surface area contributed by atoms with Gasteiger partial charge >= 0.3 is 47.8 Å². The lowest BCUT2D eigenvalue weighted by Gasteiger charge is -2.40. The van der Waals surface area contributed by atoms with Gasteiger partial charge in [0.25, 0.3) is 0 Å². The molecular weight excluding hydrogens is 1080 g/mol. The Morgan fingerprint density at radius 3 is 1.63 bits per heavy atom. The number of unbranched alkanes of at least 4 members (excludes halogenated alkanes) is 8. The lowest BCUT2D eigenvalue weighted by atomic mass is 10.0. The summed E-state index contributed by atoms with van der Waals surface area (Å²) in [5.74, 6) is -7.22. The second kappa shape index (κ2) is 37.2. The maximum absolute atomic E-state index is 12.5. The molecular formula is C54H88N14O15. The Labute approximate surface area is 484 Å². The number of carboxylic acids is 7. The SMILES string of the molecule is CCCCCCCCCCC(NCCCC[C@H](NC(=O)N[C@@H](CCC(=O)O)C(=O)O)C(=O)O)N1CCN(c2nc(NC)nc(Nc3ccc(CC4CN(CC(=O)O)CCN(CC(=O)O)CCN(CC(=O)O)CCN4CC(=O)O)cc3)n2)CC1. The maximum Gasteiger partial charge on any atom is 0.326 e. The zero-order valence-corrected chi connectivity index (χ0v) is 48.0. The minimum atomic E-state index is -1.50. The highest BCUT2D eigenvalue weighted by Crippen LogP contribution is 2.23. The van der Waals surface area contributed by atoms with Crippen LogP contribution in [0.15, 0.2) is 24.3 Å². The molecule has 0 aliphatic carbocycles. The minimum absolute atomic E-state index is 0.0337. The number of nitrogens with zero attached hydrogens (tertiary/aromatic N) is 9. The molecule has 2 unspecified atom stereocenters. The van der Waals surface area contributed by atoms with Gasteiger partial charge in [0.15, 0.2) is 0 Å². The smallest absolute Gasteiger partial charge is 0.326 e. The lowest BCUT2D eigenvalue weighted by Crippen LogP contribution is -2.55. The normalized spacial score (nSPS) is 17.5. The van der Waals surface area contributed by atoms with Crippen molar-refractivity contribution in [1.82, 2.24) is 55.4 Å². The summed E-state index contributed by atoms with van der Waals surface area (Å²) in [6.07, 6.45) is 10.9. The first-order chi connectivity index (χ1) is 39.7. The second-order valence-electron chi connectivity index (χ2n) is 21.1. The number of urea groups is 1. The lowest BCUT2D eigenvalue weighted by molar-refractivity contribution is -0.142. The number of rotatable bonds is 37. The quantitative estimate of drug-likeness (QED) is 0.0430. The molecule has 2 saturated heterocycles. The van der Waals surface area contributed by atoms with Crippen molar-refractivity contribution in [2.24, 2.45) is 0 Å². The first-order valence-corrected chi connectivity index (χ1v) is 28.8. The van der Waals surface area contributed by atoms with Crippen LogP contribution in [0.3, 0.4) is 0 Å². The first-order valence-electron chi connectivity index (χ1n) is 28.8. The molecule has 12 N–H and O–H groups in total. The molecule has 2 aromatic rings. The molecule has 3 heterocycles. The van der Waals surface area contributed by atoms with E-state index in [9.17, 15) is 69.0 Å². The number of nitrogens with one attached hydrogen (secondary N) is 5. The van der Waals surface area contributed by atoms with Gasteiger partial charge in [0.05, 0.1) is 32.3 Å². The van der Waals surface area contributed by atoms with E-state index < -0.39 is 72.4 Å². The van der Waals surface area contributed by atoms with E-state index in [1.54, 1.807) is 26.6 Å². The van der Waals surface area contributed by atoms with Crippen LogP contribution in [-0.4, -0.2) is 259 Å². The summed E-state index contributed by atoms with van der Waals surface area (Å²) in [6, 6.07) is 3.05. The van der Waals surface area contributed by atoms with E-state index in [2.05, 4.69) is 53.3 Å². The Morgan fingerprint density at radius 2 is 1.07 bits per heavy atom. The van der Waals surface area contributed by atoms with Crippen molar-refractivity contribution in [2.75, 3.05) is 127 Å². The molecule has 2 aliphatic rings. The molecule has 2 fully saturated rings. The van der Waals surface area contributed by atoms with Gasteiger partial charge in [-0.15, -0.1) is 0 Å². The maximum atomic E-state index is 12.5. The van der Waals surface area contributed by atoms with Crippen molar-refractivity contribution in [2.45, 2.75) is 128 Å². The predicted octanol–water partition coefficient (Wildman–Crippen LogP) is 1.94. The fourth-order valence-electron chi connectivity index (χ4n) is 10.2. The van der Waals surface area contributed by atoms with Gasteiger partial charge in [0, 0.05) is 97.2 Å². The number of aromatic nitrogens is 3. The molecule has 1 aromatic heterocycles. The van der Waals surface area contributed by atoms with E-state index in [0.29, 0.717) is 69.6 Å². The molecule has 1 aromatic carbocycles. The number of anilines is 4. The molecule has 29 heteroatoms. The third kappa shape index (κ3) is 27.3. The van der Waals surface area contributed by atoms with Crippen LogP contribution in [0.1, 0.15) is 102 Å². The van der Waals surface area contributed by atoms with Crippen LogP contribution in [0.2, 0.25) is 0 Å². The summed E-state index contributed by atoms with van der Waals surface area (Å²) >= 11 is 0. The molecule has 29 nitrogen and oxygen atoms in total. The molecule has 83 heavy (non-hydrogen) atoms. The Kier molecular flexibility index (Phi) is 30.7. The summed E-state index contributed by atoms with van der Waals surface area (Å²) in [5.41, 5.74) is 1.45. The monoisotopic (exact) mass is 1170 g/mol. The third-order valence-electron chi connectivity index (χ3n) is 14.6. The summed E-state index contributed by atoms with van der Waals surface area (Å²) < 4.78 is 0. The summed E-state index contributed by atoms with van der Waals surface area (Å²) in [6.45, 7) is 5.17. The number of carboxylic acid groups (broad SMARTS) is 7. The van der Waals surface area contributed by atoms with Gasteiger partial charge in [-0.1, -0.05) is 70.4 Å². The standard InChI is InChI=1S/C54H88N14O15/c1-3-4-5-6-7-8-9-10-14-43(56-21-12-11-13-41(49(79)80)58-54(83)59-42(50(81)82)19-20-44(69)70)66-28-30-67(31-29-66)53-61-51(55-2)60-52(62-53)57-39-17-15-38(16-18-39)32-40-33-65(36-47(75)76)25-24-63(34-45(71)72)22-23-64(35-46(73)74)26-27-68(40)37-48(77)78/h15-18,40-43,56H,3-14,19-37H2,1-2H3,(H,69,70)(H,71,72)(H,73,74)(H,75,76)(H,77,78)(H,79,80)(H,81,82)(H2,58,59,83)(H2,55,57,60,61,62)/t40?,41-,42-,43?/m0/s1. The second-order valence-corrected chi connectivity index (χ2v) is 21.1. The van der Waals surface area contributed by atoms with Crippen molar-refractivity contribution in [3.63, 3.8) is 0 Å². The van der Waals surface area contributed by atoms with E-state index in [1.807, 2.05) is 24.3 Å². The van der Waals surface area contributed by atoms with Gasteiger partial charge in [0.1, 0.15) is 12.1 Å². The van der Waals surface area contributed by atoms with Crippen molar-refractivity contribution in [1.29, 1.82) is 0 Å². The van der Waals surface area contributed by atoms with Crippen LogP contribution in [0.25, 0.3) is 0 Å². The molecule has 464 valence electrons. The van der Waals surface area contributed by atoms with Crippen molar-refractivity contribution >= 4 is 71.3 Å². The predicted molar refractivity (Wildman–Crippen MR) is 306 cm³/mol. The van der Waals surface area contributed by atoms with Gasteiger partial charge in [0.2, 0.25) is 17.8 Å². The zero-order chi connectivity index (χ0) is 60.7. The number of carbonyl (C=O) groups is 8. The van der Waals surface area contributed by atoms with E-state index in [1.165, 1.54) is 32.1 Å². The van der Waals surface area contributed by atoms with Crippen molar-refractivity contribution in [3.05, 3.63) is 29.8 Å². The van der Waals surface area contributed by atoms with Gasteiger partial charge in [-0.25, -0.2) is 14.4 Å². The van der Waals surface area contributed by atoms with E-state index >= 15 is 0 Å². The summed E-state index contributed by atoms with van der Waals surface area (Å²) in [4.78, 5) is 120. The van der Waals surface area contributed by atoms with Gasteiger partial charge in [-0.3, -0.25) is 48.5 Å². The van der Waals surface area contributed by atoms with E-state index in [-0.39, 0.29) is 96.9 Å². The summed E-state index contributed by atoms with van der Waals surface area (Å²) in [7, 11) is 1.71. The van der Waals surface area contributed by atoms with Crippen molar-refractivity contribution < 1.29 is 74.1 Å². The Hall–Kier alpha value is -7.05. The molecule has 0 radical (unpaired) electrons. The van der Waals surface area contributed by atoms with E-state index in [4.69, 9.17) is 10.1 Å². The minimum Gasteiger partial charge on any atom is -0.481 e.